The maximum atomic E-state index is 11.6. The van der Waals surface area contributed by atoms with Crippen LogP contribution in [-0.4, -0.2) is 21.8 Å². The number of hydrogen-bond acceptors (Lipinski definition) is 5. The lowest BCUT2D eigenvalue weighted by molar-refractivity contribution is 0.645. The fraction of sp³-hybridized carbons (Fsp3) is 0.222. The summed E-state index contributed by atoms with van der Waals surface area (Å²) in [4.78, 5) is 16.5. The van der Waals surface area contributed by atoms with Gasteiger partial charge >= 0.3 is 0 Å². The second kappa shape index (κ2) is 4.22. The first-order chi connectivity index (χ1) is 7.29. The van der Waals surface area contributed by atoms with Crippen molar-refractivity contribution in [3.8, 4) is 0 Å². The zero-order valence-electron chi connectivity index (χ0n) is 8.17. The highest BCUT2D eigenvalue weighted by Crippen LogP contribution is 2.06. The van der Waals surface area contributed by atoms with Crippen LogP contribution in [0.5, 0.6) is 0 Å². The van der Waals surface area contributed by atoms with Crippen molar-refractivity contribution in [2.75, 3.05) is 12.4 Å². The van der Waals surface area contributed by atoms with Crippen LogP contribution in [0.15, 0.2) is 28.8 Å². The van der Waals surface area contributed by atoms with Crippen LogP contribution < -0.4 is 10.9 Å². The minimum atomic E-state index is -0.116. The van der Waals surface area contributed by atoms with Gasteiger partial charge in [-0.2, -0.15) is 5.10 Å². The van der Waals surface area contributed by atoms with Gasteiger partial charge in [-0.05, 0) is 0 Å². The Bertz CT molecular complexity index is 491. The average molecular weight is 222 g/mol. The van der Waals surface area contributed by atoms with E-state index in [1.54, 1.807) is 25.0 Å². The zero-order valence-corrected chi connectivity index (χ0v) is 8.99. The highest BCUT2D eigenvalue weighted by Gasteiger charge is 2.01. The zero-order chi connectivity index (χ0) is 10.7. The van der Waals surface area contributed by atoms with E-state index >= 15 is 0 Å². The molecule has 0 spiro atoms. The number of aromatic nitrogens is 3. The fourth-order valence-corrected chi connectivity index (χ4v) is 1.73. The molecule has 2 aromatic heterocycles. The van der Waals surface area contributed by atoms with Gasteiger partial charge in [-0.25, -0.2) is 4.68 Å². The van der Waals surface area contributed by atoms with Gasteiger partial charge in [0, 0.05) is 24.2 Å². The molecule has 0 aromatic carbocycles. The highest BCUT2D eigenvalue weighted by molar-refractivity contribution is 7.09. The van der Waals surface area contributed by atoms with E-state index in [1.807, 2.05) is 0 Å². The second-order valence-electron chi connectivity index (χ2n) is 2.96. The topological polar surface area (TPSA) is 59.8 Å². The molecule has 6 heteroatoms. The molecule has 0 saturated heterocycles. The van der Waals surface area contributed by atoms with Crippen LogP contribution in [-0.2, 0) is 6.54 Å². The van der Waals surface area contributed by atoms with Crippen molar-refractivity contribution in [1.82, 2.24) is 14.8 Å². The van der Waals surface area contributed by atoms with Crippen molar-refractivity contribution in [3.05, 3.63) is 39.2 Å². The molecule has 0 fully saturated rings. The van der Waals surface area contributed by atoms with Gasteiger partial charge < -0.3 is 5.32 Å². The van der Waals surface area contributed by atoms with E-state index in [9.17, 15) is 4.79 Å². The number of nitrogens with zero attached hydrogens (tertiary/aromatic N) is 3. The summed E-state index contributed by atoms with van der Waals surface area (Å²) in [5.74, 6) is 0. The van der Waals surface area contributed by atoms with Crippen LogP contribution in [0.4, 0.5) is 5.69 Å². The van der Waals surface area contributed by atoms with E-state index in [4.69, 9.17) is 0 Å². The molecule has 2 heterocycles. The van der Waals surface area contributed by atoms with Gasteiger partial charge in [-0.15, -0.1) is 11.3 Å². The Morgan fingerprint density at radius 3 is 3.00 bits per heavy atom. The van der Waals surface area contributed by atoms with E-state index in [0.717, 1.165) is 10.6 Å². The molecule has 0 amide bonds. The molecule has 78 valence electrons. The maximum Gasteiger partial charge on any atom is 0.269 e. The lowest BCUT2D eigenvalue weighted by atomic mass is 10.4. The summed E-state index contributed by atoms with van der Waals surface area (Å²) >= 11 is 1.51. The largest absolute Gasteiger partial charge is 0.387 e. The molecule has 5 nitrogen and oxygen atoms in total. The molecule has 0 aliphatic rings. The third-order valence-corrected chi connectivity index (χ3v) is 2.71. The van der Waals surface area contributed by atoms with Crippen molar-refractivity contribution >= 4 is 17.0 Å². The van der Waals surface area contributed by atoms with Crippen molar-refractivity contribution < 1.29 is 0 Å². The highest BCUT2D eigenvalue weighted by atomic mass is 32.1. The van der Waals surface area contributed by atoms with Crippen molar-refractivity contribution in [2.24, 2.45) is 0 Å². The molecule has 0 radical (unpaired) electrons. The fourth-order valence-electron chi connectivity index (χ4n) is 1.16. The lowest BCUT2D eigenvalue weighted by Gasteiger charge is -2.03. The molecule has 0 bridgehead atoms. The first kappa shape index (κ1) is 9.85. The number of thiazole rings is 1. The molecule has 2 rings (SSSR count). The second-order valence-corrected chi connectivity index (χ2v) is 3.93. The van der Waals surface area contributed by atoms with Gasteiger partial charge in [-0.3, -0.25) is 9.78 Å². The molecular formula is C9H10N4OS. The summed E-state index contributed by atoms with van der Waals surface area (Å²) in [6.07, 6.45) is 3.37. The summed E-state index contributed by atoms with van der Waals surface area (Å²) < 4.78 is 1.41. The van der Waals surface area contributed by atoms with Gasteiger partial charge in [0.15, 0.2) is 0 Å². The Kier molecular flexibility index (Phi) is 2.77. The minimum Gasteiger partial charge on any atom is -0.387 e. The summed E-state index contributed by atoms with van der Waals surface area (Å²) in [5.41, 5.74) is 2.35. The first-order valence-electron chi connectivity index (χ1n) is 4.42. The lowest BCUT2D eigenvalue weighted by Crippen LogP contribution is -2.22. The van der Waals surface area contributed by atoms with Crippen molar-refractivity contribution in [1.29, 1.82) is 0 Å². The molecule has 0 atom stereocenters. The monoisotopic (exact) mass is 222 g/mol. The Morgan fingerprint density at radius 2 is 2.40 bits per heavy atom. The molecule has 15 heavy (non-hydrogen) atoms. The Balaban J connectivity index is 2.26. The average Bonchev–Trinajstić information content (AvgIpc) is 2.74. The Morgan fingerprint density at radius 1 is 1.53 bits per heavy atom. The van der Waals surface area contributed by atoms with E-state index in [1.165, 1.54) is 22.1 Å². The Labute approximate surface area is 90.4 Å². The van der Waals surface area contributed by atoms with E-state index in [2.05, 4.69) is 15.4 Å². The van der Waals surface area contributed by atoms with E-state index < -0.39 is 0 Å². The van der Waals surface area contributed by atoms with Crippen LogP contribution in [0.3, 0.4) is 0 Å². The Hall–Kier alpha value is -1.69. The predicted molar refractivity (Wildman–Crippen MR) is 59.3 cm³/mol. The molecule has 0 saturated carbocycles. The summed E-state index contributed by atoms with van der Waals surface area (Å²) in [7, 11) is 1.75. The maximum absolute atomic E-state index is 11.6. The molecule has 2 aromatic rings. The molecule has 0 aliphatic heterocycles. The van der Waals surface area contributed by atoms with E-state index in [-0.39, 0.29) is 5.56 Å². The number of nitrogens with one attached hydrogen (secondary N) is 1. The summed E-state index contributed by atoms with van der Waals surface area (Å²) in [6.45, 7) is 0.480. The SMILES string of the molecule is CNc1cnn(Cc2cncs2)c(=O)c1. The quantitative estimate of drug-likeness (QED) is 0.834. The van der Waals surface area contributed by atoms with Crippen LogP contribution in [0, 0.1) is 0 Å². The minimum absolute atomic E-state index is 0.116. The first-order valence-corrected chi connectivity index (χ1v) is 5.30. The van der Waals surface area contributed by atoms with Gasteiger partial charge in [0.2, 0.25) is 0 Å². The molecule has 1 N–H and O–H groups in total. The van der Waals surface area contributed by atoms with Crippen LogP contribution in [0.25, 0.3) is 0 Å². The van der Waals surface area contributed by atoms with E-state index in [0.29, 0.717) is 6.54 Å². The third-order valence-electron chi connectivity index (χ3n) is 1.95. The van der Waals surface area contributed by atoms with Gasteiger partial charge in [-0.1, -0.05) is 0 Å². The predicted octanol–water partition coefficient (Wildman–Crippen LogP) is 0.790. The molecular weight excluding hydrogens is 212 g/mol. The smallest absolute Gasteiger partial charge is 0.269 e. The summed E-state index contributed by atoms with van der Waals surface area (Å²) in [6, 6.07) is 1.52. The van der Waals surface area contributed by atoms with Crippen LogP contribution >= 0.6 is 11.3 Å². The molecule has 0 aliphatic carbocycles. The van der Waals surface area contributed by atoms with Crippen molar-refractivity contribution in [3.63, 3.8) is 0 Å². The van der Waals surface area contributed by atoms with Crippen molar-refractivity contribution in [2.45, 2.75) is 6.54 Å². The van der Waals surface area contributed by atoms with Gasteiger partial charge in [0.25, 0.3) is 5.56 Å². The van der Waals surface area contributed by atoms with Gasteiger partial charge in [0.05, 0.1) is 23.9 Å². The summed E-state index contributed by atoms with van der Waals surface area (Å²) in [5, 5.41) is 6.91. The molecule has 0 unspecified atom stereocenters. The van der Waals surface area contributed by atoms with Gasteiger partial charge in [0.1, 0.15) is 0 Å². The van der Waals surface area contributed by atoms with Crippen LogP contribution in [0.2, 0.25) is 0 Å². The van der Waals surface area contributed by atoms with Crippen LogP contribution in [0.1, 0.15) is 4.88 Å². The number of rotatable bonds is 3. The number of hydrogen-bond donors (Lipinski definition) is 1. The standard InChI is InChI=1S/C9H10N4OS/c1-10-7-2-9(14)13(12-3-7)5-8-4-11-6-15-8/h2-4,6,10H,5H2,1H3. The third kappa shape index (κ3) is 2.21. The normalized spacial score (nSPS) is 10.2. The number of anilines is 1.